The number of piperidine rings is 2. The molecule has 2 fully saturated rings. The minimum Gasteiger partial charge on any atom is -0.467 e. The zero-order valence-corrected chi connectivity index (χ0v) is 16.0. The predicted octanol–water partition coefficient (Wildman–Crippen LogP) is 3.43. The lowest BCUT2D eigenvalue weighted by Crippen LogP contribution is -2.50. The number of ether oxygens (including phenoxy) is 1. The van der Waals surface area contributed by atoms with Crippen LogP contribution in [0.15, 0.2) is 35.8 Å². The van der Waals surface area contributed by atoms with Gasteiger partial charge in [0.2, 0.25) is 0 Å². The monoisotopic (exact) mass is 389 g/mol. The van der Waals surface area contributed by atoms with Gasteiger partial charge in [0.1, 0.15) is 11.9 Å². The fourth-order valence-electron chi connectivity index (χ4n) is 3.98. The molecule has 0 aliphatic carbocycles. The van der Waals surface area contributed by atoms with Gasteiger partial charge in [-0.3, -0.25) is 9.69 Å². The van der Waals surface area contributed by atoms with E-state index in [0.29, 0.717) is 11.6 Å². The van der Waals surface area contributed by atoms with Crippen molar-refractivity contribution in [1.29, 1.82) is 0 Å². The average Bonchev–Trinajstić information content (AvgIpc) is 3.22. The van der Waals surface area contributed by atoms with Crippen molar-refractivity contribution in [2.75, 3.05) is 26.2 Å². The summed E-state index contributed by atoms with van der Waals surface area (Å²) in [6.07, 6.45) is 6.06. The molecule has 0 bridgehead atoms. The maximum Gasteiger partial charge on any atom is 0.273 e. The summed E-state index contributed by atoms with van der Waals surface area (Å²) in [5, 5.41) is 2.70. The van der Waals surface area contributed by atoms with E-state index in [4.69, 9.17) is 4.74 Å². The van der Waals surface area contributed by atoms with E-state index in [2.05, 4.69) is 9.88 Å². The number of amides is 1. The number of rotatable bonds is 4. The molecule has 4 rings (SSSR count). The fraction of sp³-hybridized carbons (Fsp3) is 0.500. The molecule has 0 radical (unpaired) electrons. The van der Waals surface area contributed by atoms with E-state index in [9.17, 15) is 9.18 Å². The second-order valence-electron chi connectivity index (χ2n) is 7.18. The molecule has 0 spiro atoms. The van der Waals surface area contributed by atoms with Crippen LogP contribution in [0.1, 0.15) is 36.0 Å². The summed E-state index contributed by atoms with van der Waals surface area (Å²) < 4.78 is 19.0. The van der Waals surface area contributed by atoms with Crippen LogP contribution in [0, 0.1) is 5.82 Å². The van der Waals surface area contributed by atoms with Gasteiger partial charge in [-0.05, 0) is 49.9 Å². The molecule has 1 aromatic heterocycles. The smallest absolute Gasteiger partial charge is 0.273 e. The van der Waals surface area contributed by atoms with Crippen molar-refractivity contribution in [3.8, 4) is 5.19 Å². The number of nitrogens with zero attached hydrogens (tertiary/aromatic N) is 3. The number of aromatic nitrogens is 1. The van der Waals surface area contributed by atoms with Crippen molar-refractivity contribution >= 4 is 17.2 Å². The third-order valence-electron chi connectivity index (χ3n) is 5.51. The maximum atomic E-state index is 13.0. The summed E-state index contributed by atoms with van der Waals surface area (Å²) in [5.74, 6) is -0.309. The second kappa shape index (κ2) is 8.35. The van der Waals surface area contributed by atoms with E-state index in [1.807, 2.05) is 10.3 Å². The normalized spacial score (nSPS) is 20.0. The fourth-order valence-corrected chi connectivity index (χ4v) is 4.53. The number of carbonyl (C=O) groups excluding carboxylic acids is 1. The highest BCUT2D eigenvalue weighted by atomic mass is 32.1. The number of halogens is 1. The van der Waals surface area contributed by atoms with E-state index in [1.165, 1.54) is 12.1 Å². The van der Waals surface area contributed by atoms with Crippen molar-refractivity contribution < 1.29 is 13.9 Å². The van der Waals surface area contributed by atoms with Crippen molar-refractivity contribution in [1.82, 2.24) is 14.8 Å². The Morgan fingerprint density at radius 3 is 2.41 bits per heavy atom. The van der Waals surface area contributed by atoms with E-state index >= 15 is 0 Å². The first-order valence-electron chi connectivity index (χ1n) is 9.54. The standard InChI is InChI=1S/C20H24FN3O2S/c21-16-3-1-15(2-4-16)19(25)24-10-5-17(6-11-24)23-12-7-18(8-13-23)26-20-22-9-14-27-20/h1-4,9,14,17-18H,5-8,10-13H2. The number of benzene rings is 1. The summed E-state index contributed by atoms with van der Waals surface area (Å²) in [5.41, 5.74) is 0.565. The molecular formula is C20H24FN3O2S. The van der Waals surface area contributed by atoms with Crippen LogP contribution in [-0.4, -0.2) is 59.0 Å². The maximum absolute atomic E-state index is 13.0. The molecule has 3 heterocycles. The van der Waals surface area contributed by atoms with Crippen molar-refractivity contribution in [3.63, 3.8) is 0 Å². The van der Waals surface area contributed by atoms with Gasteiger partial charge in [-0.15, -0.1) is 0 Å². The number of likely N-dealkylation sites (tertiary alicyclic amines) is 2. The third-order valence-corrected chi connectivity index (χ3v) is 6.17. The number of hydrogen-bond donors (Lipinski definition) is 0. The zero-order chi connectivity index (χ0) is 18.6. The Bertz CT molecular complexity index is 737. The van der Waals surface area contributed by atoms with Crippen LogP contribution in [0.3, 0.4) is 0 Å². The van der Waals surface area contributed by atoms with E-state index in [1.54, 1.807) is 29.7 Å². The van der Waals surface area contributed by atoms with Gasteiger partial charge < -0.3 is 9.64 Å². The molecule has 1 aromatic carbocycles. The molecule has 1 amide bonds. The van der Waals surface area contributed by atoms with Crippen LogP contribution < -0.4 is 4.74 Å². The molecule has 0 saturated carbocycles. The van der Waals surface area contributed by atoms with Crippen molar-refractivity contribution in [3.05, 3.63) is 47.2 Å². The Balaban J connectivity index is 1.24. The van der Waals surface area contributed by atoms with Gasteiger partial charge in [0, 0.05) is 49.4 Å². The number of hydrogen-bond acceptors (Lipinski definition) is 5. The van der Waals surface area contributed by atoms with Crippen LogP contribution in [0.4, 0.5) is 4.39 Å². The van der Waals surface area contributed by atoms with Crippen LogP contribution in [-0.2, 0) is 0 Å². The Morgan fingerprint density at radius 2 is 1.78 bits per heavy atom. The SMILES string of the molecule is O=C(c1ccc(F)cc1)N1CCC(N2CCC(Oc3nccs3)CC2)CC1. The lowest BCUT2D eigenvalue weighted by Gasteiger charge is -2.41. The van der Waals surface area contributed by atoms with Gasteiger partial charge in [0.25, 0.3) is 11.1 Å². The summed E-state index contributed by atoms with van der Waals surface area (Å²) in [7, 11) is 0. The molecule has 2 saturated heterocycles. The first-order valence-corrected chi connectivity index (χ1v) is 10.4. The van der Waals surface area contributed by atoms with Crippen molar-refractivity contribution in [2.45, 2.75) is 37.8 Å². The molecule has 7 heteroatoms. The topological polar surface area (TPSA) is 45.7 Å². The molecule has 0 atom stereocenters. The summed E-state index contributed by atoms with van der Waals surface area (Å²) >= 11 is 1.54. The Labute approximate surface area is 162 Å². The molecule has 27 heavy (non-hydrogen) atoms. The Morgan fingerprint density at radius 1 is 1.07 bits per heavy atom. The number of carbonyl (C=O) groups is 1. The second-order valence-corrected chi connectivity index (χ2v) is 8.04. The van der Waals surface area contributed by atoms with Gasteiger partial charge in [-0.2, -0.15) is 0 Å². The quantitative estimate of drug-likeness (QED) is 0.804. The van der Waals surface area contributed by atoms with Crippen molar-refractivity contribution in [2.24, 2.45) is 0 Å². The molecule has 2 aliphatic heterocycles. The zero-order valence-electron chi connectivity index (χ0n) is 15.2. The third kappa shape index (κ3) is 4.47. The van der Waals surface area contributed by atoms with E-state index in [-0.39, 0.29) is 17.8 Å². The Hall–Kier alpha value is -1.99. The lowest BCUT2D eigenvalue weighted by atomic mass is 9.98. The first kappa shape index (κ1) is 18.4. The number of thiazole rings is 1. The highest BCUT2D eigenvalue weighted by Gasteiger charge is 2.30. The molecule has 144 valence electrons. The first-order chi connectivity index (χ1) is 13.2. The highest BCUT2D eigenvalue weighted by molar-refractivity contribution is 7.11. The molecule has 2 aromatic rings. The lowest BCUT2D eigenvalue weighted by molar-refractivity contribution is 0.0425. The minimum atomic E-state index is -0.312. The van der Waals surface area contributed by atoms with Crippen LogP contribution in [0.25, 0.3) is 0 Å². The van der Waals surface area contributed by atoms with Gasteiger partial charge in [-0.25, -0.2) is 9.37 Å². The molecule has 5 nitrogen and oxygen atoms in total. The van der Waals surface area contributed by atoms with Crippen LogP contribution >= 0.6 is 11.3 Å². The van der Waals surface area contributed by atoms with Crippen LogP contribution in [0.2, 0.25) is 0 Å². The summed E-state index contributed by atoms with van der Waals surface area (Å²) in [6, 6.07) is 6.35. The van der Waals surface area contributed by atoms with Gasteiger partial charge >= 0.3 is 0 Å². The average molecular weight is 389 g/mol. The van der Waals surface area contributed by atoms with E-state index in [0.717, 1.165) is 57.1 Å². The minimum absolute atomic E-state index is 0.00371. The highest BCUT2D eigenvalue weighted by Crippen LogP contribution is 2.25. The van der Waals surface area contributed by atoms with Crippen LogP contribution in [0.5, 0.6) is 5.19 Å². The van der Waals surface area contributed by atoms with Gasteiger partial charge in [-0.1, -0.05) is 11.3 Å². The molecular weight excluding hydrogens is 365 g/mol. The largest absolute Gasteiger partial charge is 0.467 e. The molecule has 0 unspecified atom stereocenters. The molecule has 2 aliphatic rings. The molecule has 0 N–H and O–H groups in total. The predicted molar refractivity (Wildman–Crippen MR) is 103 cm³/mol. The summed E-state index contributed by atoms with van der Waals surface area (Å²) in [4.78, 5) is 21.2. The summed E-state index contributed by atoms with van der Waals surface area (Å²) in [6.45, 7) is 3.59. The van der Waals surface area contributed by atoms with Gasteiger partial charge in [0.15, 0.2) is 0 Å². The Kier molecular flexibility index (Phi) is 5.69. The van der Waals surface area contributed by atoms with E-state index < -0.39 is 0 Å². The van der Waals surface area contributed by atoms with Gasteiger partial charge in [0.05, 0.1) is 0 Å².